The molecule has 0 aliphatic rings. The number of nitrogens with zero attached hydrogens (tertiary/aromatic N) is 1. The van der Waals surface area contributed by atoms with Crippen LogP contribution < -0.4 is 4.74 Å². The Labute approximate surface area is 157 Å². The summed E-state index contributed by atoms with van der Waals surface area (Å²) in [6.07, 6.45) is 0.813. The first-order chi connectivity index (χ1) is 13.0. The Hall–Kier alpha value is -3.22. The van der Waals surface area contributed by atoms with Crippen molar-refractivity contribution in [1.82, 2.24) is 0 Å². The van der Waals surface area contributed by atoms with E-state index in [2.05, 4.69) is 0 Å². The number of hydrogen-bond donors (Lipinski definition) is 0. The Morgan fingerprint density at radius 3 is 2.41 bits per heavy atom. The van der Waals surface area contributed by atoms with Crippen LogP contribution in [0.5, 0.6) is 5.75 Å². The van der Waals surface area contributed by atoms with Gasteiger partial charge in [0.25, 0.3) is 5.69 Å². The van der Waals surface area contributed by atoms with Crippen molar-refractivity contribution >= 4 is 17.4 Å². The second-order valence-corrected chi connectivity index (χ2v) is 5.84. The predicted octanol–water partition coefficient (Wildman–Crippen LogP) is 4.09. The largest absolute Gasteiger partial charge is 0.494 e. The molecular formula is C20H21NO6. The third-order valence-electron chi connectivity index (χ3n) is 3.78. The molecule has 0 saturated carbocycles. The van der Waals surface area contributed by atoms with Gasteiger partial charge < -0.3 is 9.47 Å². The highest BCUT2D eigenvalue weighted by Gasteiger charge is 2.15. The van der Waals surface area contributed by atoms with E-state index in [1.165, 1.54) is 12.1 Å². The SMILES string of the molecule is CCCOc1ccc(C(=O)CCC(=O)OCc2ccccc2[N+](=O)[O-])cc1. The van der Waals surface area contributed by atoms with E-state index < -0.39 is 10.9 Å². The highest BCUT2D eigenvalue weighted by atomic mass is 16.6. The fourth-order valence-corrected chi connectivity index (χ4v) is 2.36. The van der Waals surface area contributed by atoms with Crippen LogP contribution in [0.4, 0.5) is 5.69 Å². The van der Waals surface area contributed by atoms with Gasteiger partial charge in [-0.1, -0.05) is 19.1 Å². The minimum absolute atomic E-state index is 0.00484. The molecule has 7 nitrogen and oxygen atoms in total. The predicted molar refractivity (Wildman–Crippen MR) is 98.7 cm³/mol. The zero-order valence-electron chi connectivity index (χ0n) is 15.1. The lowest BCUT2D eigenvalue weighted by molar-refractivity contribution is -0.385. The number of nitro groups is 1. The second kappa shape index (κ2) is 10.1. The van der Waals surface area contributed by atoms with Gasteiger partial charge in [0.05, 0.1) is 23.5 Å². The van der Waals surface area contributed by atoms with Crippen molar-refractivity contribution in [3.05, 3.63) is 69.8 Å². The first-order valence-electron chi connectivity index (χ1n) is 8.65. The number of rotatable bonds is 10. The third kappa shape index (κ3) is 6.22. The van der Waals surface area contributed by atoms with Gasteiger partial charge in [-0.25, -0.2) is 0 Å². The highest BCUT2D eigenvalue weighted by Crippen LogP contribution is 2.19. The fourth-order valence-electron chi connectivity index (χ4n) is 2.36. The number of nitro benzene ring substituents is 1. The molecular weight excluding hydrogens is 350 g/mol. The quantitative estimate of drug-likeness (QED) is 0.270. The van der Waals surface area contributed by atoms with Gasteiger partial charge in [0.15, 0.2) is 5.78 Å². The van der Waals surface area contributed by atoms with Crippen LogP contribution in [0.15, 0.2) is 48.5 Å². The number of para-hydroxylation sites is 1. The van der Waals surface area contributed by atoms with Gasteiger partial charge in [-0.05, 0) is 36.8 Å². The van der Waals surface area contributed by atoms with Crippen LogP contribution in [0.2, 0.25) is 0 Å². The summed E-state index contributed by atoms with van der Waals surface area (Å²) in [5.41, 5.74) is 0.696. The van der Waals surface area contributed by atoms with Crippen molar-refractivity contribution in [3.8, 4) is 5.75 Å². The maximum absolute atomic E-state index is 12.2. The van der Waals surface area contributed by atoms with Gasteiger partial charge in [-0.2, -0.15) is 0 Å². The number of hydrogen-bond acceptors (Lipinski definition) is 6. The summed E-state index contributed by atoms with van der Waals surface area (Å²) in [5.74, 6) is -0.0682. The van der Waals surface area contributed by atoms with Crippen LogP contribution in [0.1, 0.15) is 42.1 Å². The molecule has 2 aromatic carbocycles. The molecule has 0 bridgehead atoms. The van der Waals surface area contributed by atoms with Gasteiger partial charge in [0.2, 0.25) is 0 Å². The zero-order valence-corrected chi connectivity index (χ0v) is 15.1. The molecule has 0 radical (unpaired) electrons. The second-order valence-electron chi connectivity index (χ2n) is 5.84. The Morgan fingerprint density at radius 1 is 1.04 bits per heavy atom. The molecule has 0 fully saturated rings. The molecule has 0 heterocycles. The van der Waals surface area contributed by atoms with Gasteiger partial charge in [-0.15, -0.1) is 0 Å². The molecule has 0 atom stereocenters. The molecule has 0 N–H and O–H groups in total. The van der Waals surface area contributed by atoms with Gasteiger partial charge in [0.1, 0.15) is 12.4 Å². The fraction of sp³-hybridized carbons (Fsp3) is 0.300. The molecule has 0 aromatic heterocycles. The summed E-state index contributed by atoms with van der Waals surface area (Å²) >= 11 is 0. The van der Waals surface area contributed by atoms with E-state index in [4.69, 9.17) is 9.47 Å². The van der Waals surface area contributed by atoms with E-state index in [9.17, 15) is 19.7 Å². The van der Waals surface area contributed by atoms with E-state index >= 15 is 0 Å². The summed E-state index contributed by atoms with van der Waals surface area (Å²) in [7, 11) is 0. The number of carbonyl (C=O) groups excluding carboxylic acids is 2. The summed E-state index contributed by atoms with van der Waals surface area (Å²) in [6.45, 7) is 2.42. The molecule has 0 unspecified atom stereocenters. The number of carbonyl (C=O) groups is 2. The van der Waals surface area contributed by atoms with Crippen LogP contribution in [0.25, 0.3) is 0 Å². The van der Waals surface area contributed by atoms with Crippen molar-refractivity contribution in [2.45, 2.75) is 32.8 Å². The first kappa shape index (κ1) is 20.1. The van der Waals surface area contributed by atoms with Gasteiger partial charge in [0, 0.05) is 18.1 Å². The third-order valence-corrected chi connectivity index (χ3v) is 3.78. The standard InChI is InChI=1S/C20H21NO6/c1-2-13-26-17-9-7-15(8-10-17)19(22)11-12-20(23)27-14-16-5-3-4-6-18(16)21(24)25/h3-10H,2,11-14H2,1H3. The molecule has 7 heteroatoms. The number of ether oxygens (including phenoxy) is 2. The average Bonchev–Trinajstić information content (AvgIpc) is 2.69. The molecule has 2 rings (SSSR count). The first-order valence-corrected chi connectivity index (χ1v) is 8.65. The van der Waals surface area contributed by atoms with Crippen LogP contribution in [0, 0.1) is 10.1 Å². The van der Waals surface area contributed by atoms with Crippen molar-refractivity contribution in [2.75, 3.05) is 6.61 Å². The van der Waals surface area contributed by atoms with Crippen LogP contribution in [-0.2, 0) is 16.1 Å². The van der Waals surface area contributed by atoms with E-state index in [0.717, 1.165) is 6.42 Å². The zero-order chi connectivity index (χ0) is 19.6. The highest BCUT2D eigenvalue weighted by molar-refractivity contribution is 5.97. The summed E-state index contributed by atoms with van der Waals surface area (Å²) < 4.78 is 10.5. The van der Waals surface area contributed by atoms with E-state index in [1.807, 2.05) is 6.92 Å². The van der Waals surface area contributed by atoms with E-state index in [0.29, 0.717) is 23.5 Å². The molecule has 0 aliphatic heterocycles. The lowest BCUT2D eigenvalue weighted by Crippen LogP contribution is -2.09. The van der Waals surface area contributed by atoms with Crippen LogP contribution in [0.3, 0.4) is 0 Å². The molecule has 0 aliphatic carbocycles. The molecule has 142 valence electrons. The number of benzene rings is 2. The molecule has 0 saturated heterocycles. The summed E-state index contributed by atoms with van der Waals surface area (Å²) in [6, 6.07) is 12.8. The van der Waals surface area contributed by atoms with E-state index in [1.54, 1.807) is 36.4 Å². The lowest BCUT2D eigenvalue weighted by Gasteiger charge is -2.07. The maximum Gasteiger partial charge on any atom is 0.306 e. The molecule has 0 spiro atoms. The number of Topliss-reactive ketones (excluding diaryl/α,β-unsaturated/α-hetero) is 1. The van der Waals surface area contributed by atoms with Crippen molar-refractivity contribution in [1.29, 1.82) is 0 Å². The molecule has 2 aromatic rings. The normalized spacial score (nSPS) is 10.3. The Bertz CT molecular complexity index is 800. The van der Waals surface area contributed by atoms with Crippen LogP contribution >= 0.6 is 0 Å². The average molecular weight is 371 g/mol. The topological polar surface area (TPSA) is 95.7 Å². The van der Waals surface area contributed by atoms with Gasteiger partial charge in [-0.3, -0.25) is 19.7 Å². The summed E-state index contributed by atoms with van der Waals surface area (Å²) in [5, 5.41) is 10.9. The molecule has 27 heavy (non-hydrogen) atoms. The number of ketones is 1. The molecule has 0 amide bonds. The minimum atomic E-state index is -0.579. The Morgan fingerprint density at radius 2 is 1.74 bits per heavy atom. The van der Waals surface area contributed by atoms with Crippen molar-refractivity contribution in [2.24, 2.45) is 0 Å². The van der Waals surface area contributed by atoms with Gasteiger partial charge >= 0.3 is 5.97 Å². The minimum Gasteiger partial charge on any atom is -0.494 e. The van der Waals surface area contributed by atoms with Crippen molar-refractivity contribution < 1.29 is 24.0 Å². The van der Waals surface area contributed by atoms with Crippen LogP contribution in [-0.4, -0.2) is 23.3 Å². The Balaban J connectivity index is 1.81. The smallest absolute Gasteiger partial charge is 0.306 e. The number of esters is 1. The van der Waals surface area contributed by atoms with Crippen molar-refractivity contribution in [3.63, 3.8) is 0 Å². The Kier molecular flexibility index (Phi) is 7.49. The maximum atomic E-state index is 12.2. The lowest BCUT2D eigenvalue weighted by atomic mass is 10.1. The monoisotopic (exact) mass is 371 g/mol. The van der Waals surface area contributed by atoms with E-state index in [-0.39, 0.29) is 30.9 Å². The summed E-state index contributed by atoms with van der Waals surface area (Å²) in [4.78, 5) is 34.4.